The number of pyridine rings is 1. The van der Waals surface area contributed by atoms with Crippen molar-refractivity contribution in [2.75, 3.05) is 23.0 Å². The van der Waals surface area contributed by atoms with Gasteiger partial charge in [-0.3, -0.25) is 4.79 Å². The quantitative estimate of drug-likeness (QED) is 0.865. The van der Waals surface area contributed by atoms with Crippen LogP contribution in [-0.4, -0.2) is 49.4 Å². The summed E-state index contributed by atoms with van der Waals surface area (Å²) in [6, 6.07) is 3.86. The number of anilines is 1. The zero-order chi connectivity index (χ0) is 17.9. The predicted octanol–water partition coefficient (Wildman–Crippen LogP) is 2.16. The first kappa shape index (κ1) is 18.2. The molecule has 3 rings (SSSR count). The Morgan fingerprint density at radius 2 is 2.00 bits per heavy atom. The van der Waals surface area contributed by atoms with E-state index in [0.29, 0.717) is 18.5 Å². The van der Waals surface area contributed by atoms with Crippen LogP contribution < -0.4 is 10.2 Å². The Balaban J connectivity index is 1.65. The van der Waals surface area contributed by atoms with Crippen molar-refractivity contribution >= 4 is 21.6 Å². The number of nitrogens with zero attached hydrogens (tertiary/aromatic N) is 2. The SMILES string of the molecule is CCN(c1ccc(C(=O)NC2CCCCC2)cn1)C1CCS(=O)(=O)C1. The maximum Gasteiger partial charge on any atom is 0.253 e. The molecule has 6 nitrogen and oxygen atoms in total. The van der Waals surface area contributed by atoms with E-state index in [0.717, 1.165) is 18.7 Å². The van der Waals surface area contributed by atoms with Gasteiger partial charge in [0.1, 0.15) is 5.82 Å². The third-order valence-electron chi connectivity index (χ3n) is 5.23. The zero-order valence-electron chi connectivity index (χ0n) is 14.8. The van der Waals surface area contributed by atoms with Crippen LogP contribution in [0.1, 0.15) is 55.8 Å². The molecule has 1 aliphatic heterocycles. The second-order valence-corrected chi connectivity index (χ2v) is 9.29. The summed E-state index contributed by atoms with van der Waals surface area (Å²) in [7, 11) is -2.93. The molecule has 0 radical (unpaired) electrons. The minimum atomic E-state index is -2.93. The van der Waals surface area contributed by atoms with Crippen molar-refractivity contribution in [3.63, 3.8) is 0 Å². The molecule has 138 valence electrons. The fourth-order valence-electron chi connectivity index (χ4n) is 3.83. The largest absolute Gasteiger partial charge is 0.353 e. The van der Waals surface area contributed by atoms with Crippen LogP contribution in [0, 0.1) is 0 Å². The van der Waals surface area contributed by atoms with E-state index in [1.54, 1.807) is 12.3 Å². The number of amides is 1. The number of carbonyl (C=O) groups excluding carboxylic acids is 1. The van der Waals surface area contributed by atoms with E-state index in [2.05, 4.69) is 10.3 Å². The molecule has 1 saturated heterocycles. The van der Waals surface area contributed by atoms with Gasteiger partial charge in [-0.15, -0.1) is 0 Å². The molecular formula is C18H27N3O3S. The summed E-state index contributed by atoms with van der Waals surface area (Å²) < 4.78 is 23.5. The summed E-state index contributed by atoms with van der Waals surface area (Å²) in [5.41, 5.74) is 0.560. The molecule has 1 N–H and O–H groups in total. The van der Waals surface area contributed by atoms with Crippen LogP contribution in [0.2, 0.25) is 0 Å². The number of sulfone groups is 1. The molecule has 1 atom stereocenters. The van der Waals surface area contributed by atoms with E-state index >= 15 is 0 Å². The van der Waals surface area contributed by atoms with E-state index < -0.39 is 9.84 Å². The third kappa shape index (κ3) is 4.51. The predicted molar refractivity (Wildman–Crippen MR) is 98.7 cm³/mol. The smallest absolute Gasteiger partial charge is 0.253 e. The van der Waals surface area contributed by atoms with Gasteiger partial charge in [0.05, 0.1) is 17.1 Å². The lowest BCUT2D eigenvalue weighted by Crippen LogP contribution is -2.37. The van der Waals surface area contributed by atoms with Gasteiger partial charge in [0.25, 0.3) is 5.91 Å². The molecule has 2 aliphatic rings. The Bertz CT molecular complexity index is 697. The van der Waals surface area contributed by atoms with Crippen LogP contribution in [0.15, 0.2) is 18.3 Å². The Labute approximate surface area is 149 Å². The maximum absolute atomic E-state index is 12.4. The highest BCUT2D eigenvalue weighted by Crippen LogP contribution is 2.23. The molecule has 1 unspecified atom stereocenters. The van der Waals surface area contributed by atoms with Gasteiger partial charge < -0.3 is 10.2 Å². The van der Waals surface area contributed by atoms with E-state index in [9.17, 15) is 13.2 Å². The van der Waals surface area contributed by atoms with Crippen molar-refractivity contribution in [3.05, 3.63) is 23.9 Å². The Kier molecular flexibility index (Phi) is 5.61. The Morgan fingerprint density at radius 1 is 1.24 bits per heavy atom. The summed E-state index contributed by atoms with van der Waals surface area (Å²) in [6.45, 7) is 2.69. The molecule has 1 aliphatic carbocycles. The van der Waals surface area contributed by atoms with Crippen molar-refractivity contribution in [1.29, 1.82) is 0 Å². The fraction of sp³-hybridized carbons (Fsp3) is 0.667. The highest BCUT2D eigenvalue weighted by atomic mass is 32.2. The van der Waals surface area contributed by atoms with Crippen molar-refractivity contribution in [2.24, 2.45) is 0 Å². The maximum atomic E-state index is 12.4. The molecule has 25 heavy (non-hydrogen) atoms. The Morgan fingerprint density at radius 3 is 2.56 bits per heavy atom. The fourth-order valence-corrected chi connectivity index (χ4v) is 5.57. The van der Waals surface area contributed by atoms with Gasteiger partial charge in [-0.25, -0.2) is 13.4 Å². The average molecular weight is 365 g/mol. The second kappa shape index (κ2) is 7.72. The number of nitrogens with one attached hydrogen (secondary N) is 1. The van der Waals surface area contributed by atoms with Gasteiger partial charge in [0.15, 0.2) is 9.84 Å². The number of aromatic nitrogens is 1. The molecule has 2 fully saturated rings. The van der Waals surface area contributed by atoms with E-state index in [1.165, 1.54) is 19.3 Å². The molecule has 1 aromatic heterocycles. The number of carbonyl (C=O) groups is 1. The molecule has 1 aromatic rings. The number of hydrogen-bond acceptors (Lipinski definition) is 5. The van der Waals surface area contributed by atoms with E-state index in [1.807, 2.05) is 17.9 Å². The highest BCUT2D eigenvalue weighted by Gasteiger charge is 2.32. The second-order valence-electron chi connectivity index (χ2n) is 7.06. The van der Waals surface area contributed by atoms with E-state index in [4.69, 9.17) is 0 Å². The van der Waals surface area contributed by atoms with Crippen molar-refractivity contribution in [3.8, 4) is 0 Å². The van der Waals surface area contributed by atoms with Crippen LogP contribution in [-0.2, 0) is 9.84 Å². The number of hydrogen-bond donors (Lipinski definition) is 1. The first-order valence-electron chi connectivity index (χ1n) is 9.22. The first-order valence-corrected chi connectivity index (χ1v) is 11.0. The lowest BCUT2D eigenvalue weighted by atomic mass is 9.95. The van der Waals surface area contributed by atoms with Crippen LogP contribution >= 0.6 is 0 Å². The van der Waals surface area contributed by atoms with Gasteiger partial charge in [-0.2, -0.15) is 0 Å². The topological polar surface area (TPSA) is 79.4 Å². The van der Waals surface area contributed by atoms with Crippen molar-refractivity contribution in [2.45, 2.75) is 57.5 Å². The molecule has 0 spiro atoms. The van der Waals surface area contributed by atoms with Gasteiger partial charge in [0, 0.05) is 24.8 Å². The normalized spacial score (nSPS) is 23.3. The van der Waals surface area contributed by atoms with Crippen LogP contribution in [0.25, 0.3) is 0 Å². The molecule has 0 bridgehead atoms. The summed E-state index contributed by atoms with van der Waals surface area (Å²) in [6.07, 6.45) is 7.96. The Hall–Kier alpha value is -1.63. The summed E-state index contributed by atoms with van der Waals surface area (Å²) in [5, 5.41) is 3.09. The summed E-state index contributed by atoms with van der Waals surface area (Å²) in [5.74, 6) is 1.10. The van der Waals surface area contributed by atoms with Crippen molar-refractivity contribution < 1.29 is 13.2 Å². The first-order chi connectivity index (χ1) is 12.0. The van der Waals surface area contributed by atoms with Crippen LogP contribution in [0.4, 0.5) is 5.82 Å². The van der Waals surface area contributed by atoms with Gasteiger partial charge in [-0.05, 0) is 38.3 Å². The molecular weight excluding hydrogens is 338 g/mol. The van der Waals surface area contributed by atoms with Crippen LogP contribution in [0.5, 0.6) is 0 Å². The van der Waals surface area contributed by atoms with Gasteiger partial charge in [0.2, 0.25) is 0 Å². The van der Waals surface area contributed by atoms with Crippen molar-refractivity contribution in [1.82, 2.24) is 10.3 Å². The molecule has 1 saturated carbocycles. The molecule has 7 heteroatoms. The van der Waals surface area contributed by atoms with Gasteiger partial charge >= 0.3 is 0 Å². The van der Waals surface area contributed by atoms with Gasteiger partial charge in [-0.1, -0.05) is 19.3 Å². The van der Waals surface area contributed by atoms with Crippen LogP contribution in [0.3, 0.4) is 0 Å². The third-order valence-corrected chi connectivity index (χ3v) is 6.98. The molecule has 0 aromatic carbocycles. The summed E-state index contributed by atoms with van der Waals surface area (Å²) in [4.78, 5) is 18.8. The monoisotopic (exact) mass is 365 g/mol. The molecule has 2 heterocycles. The minimum absolute atomic E-state index is 0.0237. The lowest BCUT2D eigenvalue weighted by Gasteiger charge is -2.28. The zero-order valence-corrected chi connectivity index (χ0v) is 15.6. The highest BCUT2D eigenvalue weighted by molar-refractivity contribution is 7.91. The minimum Gasteiger partial charge on any atom is -0.353 e. The standard InChI is InChI=1S/C18H27N3O3S/c1-2-21(16-10-11-25(23,24)13-16)17-9-8-14(12-19-17)18(22)20-15-6-4-3-5-7-15/h8-9,12,15-16H,2-7,10-11,13H2,1H3,(H,20,22). The van der Waals surface area contributed by atoms with E-state index in [-0.39, 0.29) is 29.5 Å². The number of rotatable bonds is 5. The lowest BCUT2D eigenvalue weighted by molar-refractivity contribution is 0.0927. The average Bonchev–Trinajstić information content (AvgIpc) is 2.97. The molecule has 1 amide bonds. The summed E-state index contributed by atoms with van der Waals surface area (Å²) >= 11 is 0.